The molecule has 0 amide bonds. The van der Waals surface area contributed by atoms with Crippen molar-refractivity contribution in [3.63, 3.8) is 0 Å². The van der Waals surface area contributed by atoms with Crippen LogP contribution < -0.4 is 10.5 Å². The summed E-state index contributed by atoms with van der Waals surface area (Å²) in [6.45, 7) is 4.40. The molecule has 1 aliphatic heterocycles. The second-order valence-electron chi connectivity index (χ2n) is 6.68. The first-order valence-corrected chi connectivity index (χ1v) is 9.41. The molecule has 4 heterocycles. The van der Waals surface area contributed by atoms with Gasteiger partial charge in [0.2, 0.25) is 0 Å². The number of piperazine rings is 1. The van der Waals surface area contributed by atoms with Crippen LogP contribution in [0.3, 0.4) is 0 Å². The lowest BCUT2D eigenvalue weighted by atomic mass is 10.2. The molecule has 0 aliphatic carbocycles. The van der Waals surface area contributed by atoms with E-state index in [1.54, 1.807) is 30.7 Å². The van der Waals surface area contributed by atoms with Gasteiger partial charge in [-0.25, -0.2) is 14.6 Å². The molecule has 4 rings (SSSR count). The highest BCUT2D eigenvalue weighted by molar-refractivity contribution is 5.57. The first-order valence-electron chi connectivity index (χ1n) is 9.41. The molecular formula is C20H20N8O. The zero-order chi connectivity index (χ0) is 20.1. The van der Waals surface area contributed by atoms with Crippen LogP contribution in [0.2, 0.25) is 0 Å². The van der Waals surface area contributed by atoms with E-state index in [0.717, 1.165) is 44.0 Å². The van der Waals surface area contributed by atoms with Crippen molar-refractivity contribution in [3.05, 3.63) is 65.1 Å². The summed E-state index contributed by atoms with van der Waals surface area (Å²) in [5.74, 6) is 0.637. The number of pyridine rings is 1. The van der Waals surface area contributed by atoms with Crippen LogP contribution in [0, 0.1) is 11.3 Å². The van der Waals surface area contributed by atoms with Crippen molar-refractivity contribution in [3.8, 4) is 17.3 Å². The van der Waals surface area contributed by atoms with Crippen molar-refractivity contribution in [2.45, 2.75) is 6.54 Å². The molecule has 0 atom stereocenters. The first-order chi connectivity index (χ1) is 14.2. The molecular weight excluding hydrogens is 368 g/mol. The van der Waals surface area contributed by atoms with Crippen LogP contribution >= 0.6 is 0 Å². The SMILES string of the molecule is N#Cc1nccnc1N1CCN(CCn2nc(-c3ccncc3)ccc2=O)CC1. The molecule has 0 N–H and O–H groups in total. The van der Waals surface area contributed by atoms with Crippen LogP contribution in [0.5, 0.6) is 0 Å². The van der Waals surface area contributed by atoms with Gasteiger partial charge >= 0.3 is 0 Å². The summed E-state index contributed by atoms with van der Waals surface area (Å²) in [6, 6.07) is 9.13. The van der Waals surface area contributed by atoms with Gasteiger partial charge < -0.3 is 4.90 Å². The molecule has 1 fully saturated rings. The zero-order valence-electron chi connectivity index (χ0n) is 15.8. The average molecular weight is 388 g/mol. The van der Waals surface area contributed by atoms with E-state index in [0.29, 0.717) is 18.1 Å². The topological polar surface area (TPSA) is 104 Å². The van der Waals surface area contributed by atoms with E-state index in [1.165, 1.54) is 10.9 Å². The van der Waals surface area contributed by atoms with Crippen LogP contribution in [-0.2, 0) is 6.54 Å². The van der Waals surface area contributed by atoms with Gasteiger partial charge in [-0.1, -0.05) is 0 Å². The van der Waals surface area contributed by atoms with E-state index in [9.17, 15) is 10.1 Å². The Bertz CT molecular complexity index is 1070. The minimum absolute atomic E-state index is 0.111. The molecule has 9 nitrogen and oxygen atoms in total. The molecule has 1 saturated heterocycles. The molecule has 9 heteroatoms. The fourth-order valence-electron chi connectivity index (χ4n) is 3.35. The third-order valence-corrected chi connectivity index (χ3v) is 4.93. The number of aromatic nitrogens is 5. The van der Waals surface area contributed by atoms with Crippen LogP contribution in [-0.4, -0.2) is 62.4 Å². The van der Waals surface area contributed by atoms with Gasteiger partial charge in [0.15, 0.2) is 11.5 Å². The van der Waals surface area contributed by atoms with Gasteiger partial charge in [0.25, 0.3) is 5.56 Å². The van der Waals surface area contributed by atoms with E-state index in [1.807, 2.05) is 12.1 Å². The summed E-state index contributed by atoms with van der Waals surface area (Å²) in [6.07, 6.45) is 6.56. The van der Waals surface area contributed by atoms with Crippen LogP contribution in [0.4, 0.5) is 5.82 Å². The Kier molecular flexibility index (Phi) is 5.54. The predicted octanol–water partition coefficient (Wildman–Crippen LogP) is 0.789. The second kappa shape index (κ2) is 8.58. The fourth-order valence-corrected chi connectivity index (χ4v) is 3.35. The van der Waals surface area contributed by atoms with E-state index in [4.69, 9.17) is 0 Å². The highest BCUT2D eigenvalue weighted by Gasteiger charge is 2.20. The Morgan fingerprint density at radius 2 is 1.69 bits per heavy atom. The Morgan fingerprint density at radius 3 is 2.45 bits per heavy atom. The normalized spacial score (nSPS) is 14.5. The summed E-state index contributed by atoms with van der Waals surface area (Å²) in [7, 11) is 0. The first kappa shape index (κ1) is 18.7. The van der Waals surface area contributed by atoms with E-state index in [-0.39, 0.29) is 5.56 Å². The lowest BCUT2D eigenvalue weighted by molar-refractivity contribution is 0.242. The monoisotopic (exact) mass is 388 g/mol. The summed E-state index contributed by atoms with van der Waals surface area (Å²) in [5.41, 5.74) is 1.92. The molecule has 3 aromatic heterocycles. The molecule has 0 radical (unpaired) electrons. The number of hydrogen-bond donors (Lipinski definition) is 0. The lowest BCUT2D eigenvalue weighted by Gasteiger charge is -2.35. The second-order valence-corrected chi connectivity index (χ2v) is 6.68. The number of hydrogen-bond acceptors (Lipinski definition) is 8. The number of anilines is 1. The van der Waals surface area contributed by atoms with Gasteiger partial charge in [-0.2, -0.15) is 10.4 Å². The Labute approximate surface area is 167 Å². The van der Waals surface area contributed by atoms with Crippen molar-refractivity contribution in [1.82, 2.24) is 29.6 Å². The van der Waals surface area contributed by atoms with Crippen LogP contribution in [0.15, 0.2) is 53.8 Å². The van der Waals surface area contributed by atoms with Crippen molar-refractivity contribution in [2.24, 2.45) is 0 Å². The molecule has 0 saturated carbocycles. The Hall–Kier alpha value is -3.64. The van der Waals surface area contributed by atoms with Crippen molar-refractivity contribution >= 4 is 5.82 Å². The predicted molar refractivity (Wildman–Crippen MR) is 107 cm³/mol. The quantitative estimate of drug-likeness (QED) is 0.632. The van der Waals surface area contributed by atoms with Crippen LogP contribution in [0.25, 0.3) is 11.3 Å². The Morgan fingerprint density at radius 1 is 0.931 bits per heavy atom. The number of rotatable bonds is 5. The van der Waals surface area contributed by atoms with Crippen molar-refractivity contribution < 1.29 is 0 Å². The van der Waals surface area contributed by atoms with Gasteiger partial charge in [0.1, 0.15) is 6.07 Å². The minimum Gasteiger partial charge on any atom is -0.352 e. The summed E-state index contributed by atoms with van der Waals surface area (Å²) >= 11 is 0. The summed E-state index contributed by atoms with van der Waals surface area (Å²) in [5, 5.41) is 13.7. The lowest BCUT2D eigenvalue weighted by Crippen LogP contribution is -2.48. The maximum atomic E-state index is 12.2. The fraction of sp³-hybridized carbons (Fsp3) is 0.300. The molecule has 0 aromatic carbocycles. The standard InChI is InChI=1S/C20H20N8O/c21-15-18-20(24-8-7-23-18)27-12-9-26(10-13-27)11-14-28-19(29)2-1-17(25-28)16-3-5-22-6-4-16/h1-8H,9-14H2. The molecule has 29 heavy (non-hydrogen) atoms. The molecule has 3 aromatic rings. The number of nitrogens with zero attached hydrogens (tertiary/aromatic N) is 8. The molecule has 0 bridgehead atoms. The third kappa shape index (κ3) is 4.28. The van der Waals surface area contributed by atoms with E-state index in [2.05, 4.69) is 35.9 Å². The van der Waals surface area contributed by atoms with Gasteiger partial charge in [-0.15, -0.1) is 0 Å². The van der Waals surface area contributed by atoms with Crippen molar-refractivity contribution in [1.29, 1.82) is 5.26 Å². The Balaban J connectivity index is 1.37. The third-order valence-electron chi connectivity index (χ3n) is 4.93. The highest BCUT2D eigenvalue weighted by Crippen LogP contribution is 2.16. The van der Waals surface area contributed by atoms with Gasteiger partial charge in [-0.05, 0) is 18.2 Å². The van der Waals surface area contributed by atoms with Crippen molar-refractivity contribution in [2.75, 3.05) is 37.6 Å². The van der Waals surface area contributed by atoms with E-state index < -0.39 is 0 Å². The smallest absolute Gasteiger partial charge is 0.266 e. The largest absolute Gasteiger partial charge is 0.352 e. The van der Waals surface area contributed by atoms with Crippen LogP contribution in [0.1, 0.15) is 5.69 Å². The molecule has 0 spiro atoms. The summed E-state index contributed by atoms with van der Waals surface area (Å²) < 4.78 is 1.51. The molecule has 1 aliphatic rings. The van der Waals surface area contributed by atoms with E-state index >= 15 is 0 Å². The minimum atomic E-state index is -0.111. The number of nitriles is 1. The maximum absolute atomic E-state index is 12.2. The zero-order valence-corrected chi connectivity index (χ0v) is 15.8. The highest BCUT2D eigenvalue weighted by atomic mass is 16.1. The maximum Gasteiger partial charge on any atom is 0.266 e. The summed E-state index contributed by atoms with van der Waals surface area (Å²) in [4.78, 5) is 29.0. The molecule has 146 valence electrons. The molecule has 0 unspecified atom stereocenters. The van der Waals surface area contributed by atoms with Gasteiger partial charge in [0.05, 0.1) is 12.2 Å². The van der Waals surface area contributed by atoms with Gasteiger partial charge in [0, 0.05) is 69.1 Å². The average Bonchev–Trinajstić information content (AvgIpc) is 2.79. The van der Waals surface area contributed by atoms with Gasteiger partial charge in [-0.3, -0.25) is 14.7 Å².